The SMILES string of the molecule is Cl.O=C(c1ccc(Oc2ccc(F)c(F)c2)cc1)N1C[C@H]2CNC[C@H]2C1. The Balaban J connectivity index is 0.00000196. The predicted octanol–water partition coefficient (Wildman–Crippen LogP) is 3.47. The fourth-order valence-corrected chi connectivity index (χ4v) is 3.55. The molecule has 2 saturated heterocycles. The molecular weight excluding hydrogens is 362 g/mol. The lowest BCUT2D eigenvalue weighted by atomic mass is 10.0. The second-order valence-electron chi connectivity index (χ2n) is 6.59. The highest BCUT2D eigenvalue weighted by Gasteiger charge is 2.38. The Morgan fingerprint density at radius 1 is 0.962 bits per heavy atom. The number of carbonyl (C=O) groups excluding carboxylic acids is 1. The van der Waals surface area contributed by atoms with E-state index < -0.39 is 11.6 Å². The number of fused-ring (bicyclic) bond motifs is 1. The number of halogens is 3. The summed E-state index contributed by atoms with van der Waals surface area (Å²) in [6.07, 6.45) is 0. The summed E-state index contributed by atoms with van der Waals surface area (Å²) in [5.74, 6) is -0.0752. The number of hydrogen-bond acceptors (Lipinski definition) is 3. The Bertz CT molecular complexity index is 789. The van der Waals surface area contributed by atoms with Crippen LogP contribution in [0.1, 0.15) is 10.4 Å². The molecule has 0 radical (unpaired) electrons. The van der Waals surface area contributed by atoms with Crippen molar-refractivity contribution in [2.24, 2.45) is 11.8 Å². The van der Waals surface area contributed by atoms with Gasteiger partial charge in [0.15, 0.2) is 11.6 Å². The van der Waals surface area contributed by atoms with Gasteiger partial charge in [-0.2, -0.15) is 0 Å². The quantitative estimate of drug-likeness (QED) is 0.886. The molecule has 4 nitrogen and oxygen atoms in total. The molecule has 1 N–H and O–H groups in total. The van der Waals surface area contributed by atoms with Crippen LogP contribution < -0.4 is 10.1 Å². The summed E-state index contributed by atoms with van der Waals surface area (Å²) >= 11 is 0. The van der Waals surface area contributed by atoms with Crippen LogP contribution in [0.15, 0.2) is 42.5 Å². The molecule has 2 aliphatic heterocycles. The molecule has 2 fully saturated rings. The Morgan fingerprint density at radius 2 is 1.58 bits per heavy atom. The Labute approximate surface area is 156 Å². The lowest BCUT2D eigenvalue weighted by Gasteiger charge is -2.17. The Kier molecular flexibility index (Phi) is 5.44. The molecule has 1 amide bonds. The third-order valence-corrected chi connectivity index (χ3v) is 4.90. The van der Waals surface area contributed by atoms with Crippen LogP contribution in [0.25, 0.3) is 0 Å². The number of hydrogen-bond donors (Lipinski definition) is 1. The monoisotopic (exact) mass is 380 g/mol. The highest BCUT2D eigenvalue weighted by molar-refractivity contribution is 5.94. The van der Waals surface area contributed by atoms with Gasteiger partial charge in [-0.25, -0.2) is 8.78 Å². The summed E-state index contributed by atoms with van der Waals surface area (Å²) in [5, 5.41) is 3.36. The largest absolute Gasteiger partial charge is 0.457 e. The molecule has 26 heavy (non-hydrogen) atoms. The van der Waals surface area contributed by atoms with E-state index in [0.717, 1.165) is 38.3 Å². The van der Waals surface area contributed by atoms with Crippen molar-refractivity contribution in [3.63, 3.8) is 0 Å². The molecule has 0 unspecified atom stereocenters. The van der Waals surface area contributed by atoms with Gasteiger partial charge in [0.25, 0.3) is 5.91 Å². The predicted molar refractivity (Wildman–Crippen MR) is 95.9 cm³/mol. The molecule has 0 saturated carbocycles. The molecule has 2 atom stereocenters. The third kappa shape index (κ3) is 3.66. The summed E-state index contributed by atoms with van der Waals surface area (Å²) in [4.78, 5) is 14.5. The van der Waals surface area contributed by atoms with E-state index >= 15 is 0 Å². The molecule has 0 spiro atoms. The fraction of sp³-hybridized carbons (Fsp3) is 0.316. The van der Waals surface area contributed by atoms with Crippen LogP contribution in [0.2, 0.25) is 0 Å². The number of carbonyl (C=O) groups is 1. The van der Waals surface area contributed by atoms with Crippen LogP contribution in [-0.2, 0) is 0 Å². The minimum Gasteiger partial charge on any atom is -0.457 e. The van der Waals surface area contributed by atoms with Crippen LogP contribution >= 0.6 is 12.4 Å². The average molecular weight is 381 g/mol. The van der Waals surface area contributed by atoms with Gasteiger partial charge < -0.3 is 15.0 Å². The second-order valence-corrected chi connectivity index (χ2v) is 6.59. The van der Waals surface area contributed by atoms with Gasteiger partial charge in [0.05, 0.1) is 0 Å². The summed E-state index contributed by atoms with van der Waals surface area (Å²) in [6, 6.07) is 10.1. The minimum atomic E-state index is -0.960. The molecule has 2 heterocycles. The van der Waals surface area contributed by atoms with E-state index in [4.69, 9.17) is 4.74 Å². The molecule has 0 aromatic heterocycles. The van der Waals surface area contributed by atoms with Crippen molar-refractivity contribution in [1.29, 1.82) is 0 Å². The van der Waals surface area contributed by atoms with Crippen LogP contribution in [0, 0.1) is 23.5 Å². The maximum absolute atomic E-state index is 13.2. The van der Waals surface area contributed by atoms with Crippen LogP contribution in [0.5, 0.6) is 11.5 Å². The van der Waals surface area contributed by atoms with Gasteiger partial charge in [0.1, 0.15) is 11.5 Å². The van der Waals surface area contributed by atoms with Crippen molar-refractivity contribution in [1.82, 2.24) is 10.2 Å². The van der Waals surface area contributed by atoms with E-state index in [-0.39, 0.29) is 24.1 Å². The van der Waals surface area contributed by atoms with Gasteiger partial charge in [0.2, 0.25) is 0 Å². The second kappa shape index (κ2) is 7.60. The molecule has 2 aromatic carbocycles. The average Bonchev–Trinajstić information content (AvgIpc) is 3.20. The zero-order valence-corrected chi connectivity index (χ0v) is 14.8. The van der Waals surface area contributed by atoms with Gasteiger partial charge in [0, 0.05) is 37.8 Å². The van der Waals surface area contributed by atoms with E-state index in [1.807, 2.05) is 4.90 Å². The normalized spacial score (nSPS) is 21.2. The van der Waals surface area contributed by atoms with Crippen LogP contribution in [0.3, 0.4) is 0 Å². The molecule has 7 heteroatoms. The molecule has 2 aromatic rings. The lowest BCUT2D eigenvalue weighted by molar-refractivity contribution is 0.0781. The maximum Gasteiger partial charge on any atom is 0.253 e. The topological polar surface area (TPSA) is 41.6 Å². The first kappa shape index (κ1) is 18.6. The van der Waals surface area contributed by atoms with Gasteiger partial charge in [-0.05, 0) is 48.2 Å². The first-order chi connectivity index (χ1) is 12.1. The van der Waals surface area contributed by atoms with Gasteiger partial charge >= 0.3 is 0 Å². The standard InChI is InChI=1S/C19H18F2N2O2.ClH/c20-17-6-5-16(7-18(17)21)25-15-3-1-12(2-4-15)19(24)23-10-13-8-22-9-14(13)11-23;/h1-7,13-14,22H,8-11H2;1H/t13-,14+;. The Hall–Kier alpha value is -2.18. The number of likely N-dealkylation sites (tertiary alicyclic amines) is 1. The van der Waals surface area contributed by atoms with Crippen molar-refractivity contribution in [2.45, 2.75) is 0 Å². The van der Waals surface area contributed by atoms with Crippen molar-refractivity contribution < 1.29 is 18.3 Å². The highest BCUT2D eigenvalue weighted by atomic mass is 35.5. The molecule has 138 valence electrons. The number of nitrogens with one attached hydrogen (secondary N) is 1. The molecule has 0 bridgehead atoms. The summed E-state index contributed by atoms with van der Waals surface area (Å²) in [6.45, 7) is 3.55. The highest BCUT2D eigenvalue weighted by Crippen LogP contribution is 2.28. The maximum atomic E-state index is 13.2. The molecule has 4 rings (SSSR count). The van der Waals surface area contributed by atoms with E-state index in [9.17, 15) is 13.6 Å². The first-order valence-corrected chi connectivity index (χ1v) is 8.33. The van der Waals surface area contributed by atoms with E-state index in [0.29, 0.717) is 23.1 Å². The van der Waals surface area contributed by atoms with Gasteiger partial charge in [-0.3, -0.25) is 4.79 Å². The smallest absolute Gasteiger partial charge is 0.253 e. The van der Waals surface area contributed by atoms with Crippen LogP contribution in [0.4, 0.5) is 8.78 Å². The summed E-state index contributed by atoms with van der Waals surface area (Å²) < 4.78 is 31.6. The number of ether oxygens (including phenoxy) is 1. The molecule has 2 aliphatic rings. The summed E-state index contributed by atoms with van der Waals surface area (Å²) in [5.41, 5.74) is 0.602. The number of amides is 1. The lowest BCUT2D eigenvalue weighted by Crippen LogP contribution is -2.31. The zero-order valence-electron chi connectivity index (χ0n) is 14.0. The van der Waals surface area contributed by atoms with Crippen molar-refractivity contribution in [2.75, 3.05) is 26.2 Å². The zero-order chi connectivity index (χ0) is 17.4. The van der Waals surface area contributed by atoms with Crippen molar-refractivity contribution in [3.05, 3.63) is 59.7 Å². The van der Waals surface area contributed by atoms with Crippen molar-refractivity contribution >= 4 is 18.3 Å². The van der Waals surface area contributed by atoms with Crippen molar-refractivity contribution in [3.8, 4) is 11.5 Å². The number of rotatable bonds is 3. The number of nitrogens with zero attached hydrogens (tertiary/aromatic N) is 1. The van der Waals surface area contributed by atoms with Gasteiger partial charge in [-0.1, -0.05) is 0 Å². The van der Waals surface area contributed by atoms with E-state index in [2.05, 4.69) is 5.32 Å². The fourth-order valence-electron chi connectivity index (χ4n) is 3.55. The van der Waals surface area contributed by atoms with E-state index in [1.165, 1.54) is 6.07 Å². The molecule has 0 aliphatic carbocycles. The summed E-state index contributed by atoms with van der Waals surface area (Å²) in [7, 11) is 0. The van der Waals surface area contributed by atoms with Gasteiger partial charge in [-0.15, -0.1) is 12.4 Å². The first-order valence-electron chi connectivity index (χ1n) is 8.33. The minimum absolute atomic E-state index is 0. The number of benzene rings is 2. The molecular formula is C19H19ClF2N2O2. The van der Waals surface area contributed by atoms with E-state index in [1.54, 1.807) is 24.3 Å². The Morgan fingerprint density at radius 3 is 2.19 bits per heavy atom. The van der Waals surface area contributed by atoms with Crippen LogP contribution in [-0.4, -0.2) is 37.0 Å². The third-order valence-electron chi connectivity index (χ3n) is 4.90.